The molecule has 0 aliphatic rings. The van der Waals surface area contributed by atoms with Crippen molar-refractivity contribution in [3.8, 4) is 17.1 Å². The first-order valence-electron chi connectivity index (χ1n) is 9.38. The first-order chi connectivity index (χ1) is 13.5. The van der Waals surface area contributed by atoms with Crippen LogP contribution in [0.2, 0.25) is 0 Å². The lowest BCUT2D eigenvalue weighted by Gasteiger charge is -2.10. The molecule has 0 spiro atoms. The summed E-state index contributed by atoms with van der Waals surface area (Å²) in [5.74, 6) is 0.523. The van der Waals surface area contributed by atoms with Gasteiger partial charge in [-0.25, -0.2) is 9.67 Å². The lowest BCUT2D eigenvalue weighted by Crippen LogP contribution is -2.26. The number of nitrogens with one attached hydrogen (secondary N) is 1. The number of aromatic nitrogens is 3. The quantitative estimate of drug-likeness (QED) is 0.638. The van der Waals surface area contributed by atoms with Crippen LogP contribution in [0.3, 0.4) is 0 Å². The summed E-state index contributed by atoms with van der Waals surface area (Å²) >= 11 is 0. The summed E-state index contributed by atoms with van der Waals surface area (Å²) in [4.78, 5) is 17.1. The van der Waals surface area contributed by atoms with E-state index in [-0.39, 0.29) is 11.7 Å². The van der Waals surface area contributed by atoms with Crippen LogP contribution in [0.4, 0.5) is 0 Å². The van der Waals surface area contributed by atoms with E-state index in [0.29, 0.717) is 19.0 Å². The lowest BCUT2D eigenvalue weighted by atomic mass is 10.1. The molecular weight excluding hydrogens is 352 g/mol. The maximum Gasteiger partial charge on any atom is 0.290 e. The zero-order valence-corrected chi connectivity index (χ0v) is 16.8. The Morgan fingerprint density at radius 2 is 1.79 bits per heavy atom. The van der Waals surface area contributed by atoms with E-state index in [1.807, 2.05) is 50.2 Å². The van der Waals surface area contributed by atoms with Crippen LogP contribution < -0.4 is 5.32 Å². The van der Waals surface area contributed by atoms with E-state index in [4.69, 9.17) is 4.74 Å². The van der Waals surface area contributed by atoms with Crippen LogP contribution >= 0.6 is 0 Å². The number of ether oxygens (including phenoxy) is 1. The van der Waals surface area contributed by atoms with Crippen LogP contribution in [0.1, 0.15) is 33.7 Å². The van der Waals surface area contributed by atoms with E-state index in [2.05, 4.69) is 28.4 Å². The number of aryl methyl sites for hydroxylation is 3. The normalized spacial score (nSPS) is 10.9. The SMILES string of the molecule is COCCCNC(=O)c1nc(-c2ccc(C)cc2)n(-c2ccc(C)cc2C)n1. The van der Waals surface area contributed by atoms with Gasteiger partial charge < -0.3 is 10.1 Å². The van der Waals surface area contributed by atoms with Crippen molar-refractivity contribution < 1.29 is 9.53 Å². The molecule has 0 aliphatic carbocycles. The maximum atomic E-state index is 12.5. The van der Waals surface area contributed by atoms with Crippen molar-refractivity contribution in [1.82, 2.24) is 20.1 Å². The summed E-state index contributed by atoms with van der Waals surface area (Å²) < 4.78 is 6.77. The van der Waals surface area contributed by atoms with Crippen LogP contribution in [0.15, 0.2) is 42.5 Å². The summed E-state index contributed by atoms with van der Waals surface area (Å²) in [6.07, 6.45) is 0.741. The van der Waals surface area contributed by atoms with Gasteiger partial charge in [-0.2, -0.15) is 0 Å². The van der Waals surface area contributed by atoms with Crippen molar-refractivity contribution >= 4 is 5.91 Å². The average molecular weight is 378 g/mol. The van der Waals surface area contributed by atoms with Gasteiger partial charge in [-0.3, -0.25) is 4.79 Å². The molecule has 0 saturated carbocycles. The van der Waals surface area contributed by atoms with Gasteiger partial charge >= 0.3 is 0 Å². The Bertz CT molecular complexity index is 961. The van der Waals surface area contributed by atoms with Gasteiger partial charge in [0.05, 0.1) is 5.69 Å². The average Bonchev–Trinajstić information content (AvgIpc) is 3.11. The van der Waals surface area contributed by atoms with Crippen LogP contribution in [-0.4, -0.2) is 40.9 Å². The zero-order valence-electron chi connectivity index (χ0n) is 16.8. The third kappa shape index (κ3) is 4.46. The second kappa shape index (κ2) is 8.80. The number of hydrogen-bond acceptors (Lipinski definition) is 4. The topological polar surface area (TPSA) is 69.0 Å². The fourth-order valence-electron chi connectivity index (χ4n) is 3.01. The van der Waals surface area contributed by atoms with E-state index in [1.54, 1.807) is 11.8 Å². The van der Waals surface area contributed by atoms with Crippen LogP contribution in [0.25, 0.3) is 17.1 Å². The smallest absolute Gasteiger partial charge is 0.290 e. The summed E-state index contributed by atoms with van der Waals surface area (Å²) in [5.41, 5.74) is 5.24. The Hall–Kier alpha value is -2.99. The van der Waals surface area contributed by atoms with Gasteiger partial charge in [-0.05, 0) is 38.8 Å². The minimum absolute atomic E-state index is 0.160. The monoisotopic (exact) mass is 378 g/mol. The Kier molecular flexibility index (Phi) is 6.21. The number of methoxy groups -OCH3 is 1. The van der Waals surface area contributed by atoms with Crippen molar-refractivity contribution in [1.29, 1.82) is 0 Å². The van der Waals surface area contributed by atoms with E-state index in [0.717, 1.165) is 28.8 Å². The van der Waals surface area contributed by atoms with Crippen LogP contribution in [0.5, 0.6) is 0 Å². The third-order valence-electron chi connectivity index (χ3n) is 4.51. The third-order valence-corrected chi connectivity index (χ3v) is 4.51. The summed E-state index contributed by atoms with van der Waals surface area (Å²) in [6.45, 7) is 7.24. The van der Waals surface area contributed by atoms with E-state index in [9.17, 15) is 4.79 Å². The molecule has 3 rings (SSSR count). The number of rotatable bonds is 7. The Balaban J connectivity index is 2.00. The molecule has 28 heavy (non-hydrogen) atoms. The predicted octanol–water partition coefficient (Wildman–Crippen LogP) is 3.63. The number of carbonyl (C=O) groups excluding carboxylic acids is 1. The highest BCUT2D eigenvalue weighted by atomic mass is 16.5. The zero-order chi connectivity index (χ0) is 20.1. The second-order valence-corrected chi connectivity index (χ2v) is 6.93. The molecule has 1 N–H and O–H groups in total. The van der Waals surface area contributed by atoms with Gasteiger partial charge in [0.25, 0.3) is 5.91 Å². The number of hydrogen-bond donors (Lipinski definition) is 1. The Morgan fingerprint density at radius 3 is 2.46 bits per heavy atom. The largest absolute Gasteiger partial charge is 0.385 e. The molecule has 0 bridgehead atoms. The van der Waals surface area contributed by atoms with Crippen LogP contribution in [-0.2, 0) is 4.74 Å². The summed E-state index contributed by atoms with van der Waals surface area (Å²) in [5, 5.41) is 7.38. The molecule has 0 radical (unpaired) electrons. The molecule has 1 aromatic heterocycles. The van der Waals surface area contributed by atoms with Crippen molar-refractivity contribution in [2.45, 2.75) is 27.2 Å². The van der Waals surface area contributed by atoms with Crippen molar-refractivity contribution in [2.24, 2.45) is 0 Å². The number of nitrogens with zero attached hydrogens (tertiary/aromatic N) is 3. The fourth-order valence-corrected chi connectivity index (χ4v) is 3.01. The van der Waals surface area contributed by atoms with Gasteiger partial charge in [-0.1, -0.05) is 47.5 Å². The highest BCUT2D eigenvalue weighted by Crippen LogP contribution is 2.24. The van der Waals surface area contributed by atoms with Crippen molar-refractivity contribution in [2.75, 3.05) is 20.3 Å². The Morgan fingerprint density at radius 1 is 1.07 bits per heavy atom. The molecule has 146 valence electrons. The first kappa shape index (κ1) is 19.8. The molecule has 2 aromatic carbocycles. The molecule has 1 heterocycles. The highest BCUT2D eigenvalue weighted by molar-refractivity contribution is 5.91. The summed E-state index contributed by atoms with van der Waals surface area (Å²) in [7, 11) is 1.64. The molecule has 0 fully saturated rings. The first-order valence-corrected chi connectivity index (χ1v) is 9.38. The second-order valence-electron chi connectivity index (χ2n) is 6.93. The standard InChI is InChI=1S/C22H26N4O2/c1-15-6-9-18(10-7-15)21-24-20(22(27)23-12-5-13-28-4)25-26(21)19-11-8-16(2)14-17(19)3/h6-11,14H,5,12-13H2,1-4H3,(H,23,27). The number of amides is 1. The fraction of sp³-hybridized carbons (Fsp3) is 0.318. The molecular formula is C22H26N4O2. The van der Waals surface area contributed by atoms with Gasteiger partial charge in [0.1, 0.15) is 0 Å². The minimum atomic E-state index is -0.284. The lowest BCUT2D eigenvalue weighted by molar-refractivity contribution is 0.0938. The van der Waals surface area contributed by atoms with Crippen molar-refractivity contribution in [3.05, 3.63) is 65.0 Å². The maximum absolute atomic E-state index is 12.5. The van der Waals surface area contributed by atoms with Crippen molar-refractivity contribution in [3.63, 3.8) is 0 Å². The predicted molar refractivity (Wildman–Crippen MR) is 110 cm³/mol. The molecule has 0 aliphatic heterocycles. The number of carbonyl (C=O) groups is 1. The highest BCUT2D eigenvalue weighted by Gasteiger charge is 2.19. The van der Waals surface area contributed by atoms with E-state index < -0.39 is 0 Å². The molecule has 6 heteroatoms. The van der Waals surface area contributed by atoms with Gasteiger partial charge in [0.15, 0.2) is 5.82 Å². The van der Waals surface area contributed by atoms with E-state index >= 15 is 0 Å². The minimum Gasteiger partial charge on any atom is -0.385 e. The summed E-state index contributed by atoms with van der Waals surface area (Å²) in [6, 6.07) is 14.2. The Labute approximate surface area is 165 Å². The molecule has 6 nitrogen and oxygen atoms in total. The number of benzene rings is 2. The molecule has 0 saturated heterocycles. The molecule has 1 amide bonds. The molecule has 3 aromatic rings. The van der Waals surface area contributed by atoms with Gasteiger partial charge in [-0.15, -0.1) is 5.10 Å². The van der Waals surface area contributed by atoms with Gasteiger partial charge in [0.2, 0.25) is 5.82 Å². The van der Waals surface area contributed by atoms with Gasteiger partial charge in [0, 0.05) is 25.8 Å². The van der Waals surface area contributed by atoms with E-state index in [1.165, 1.54) is 5.56 Å². The van der Waals surface area contributed by atoms with Crippen LogP contribution in [0, 0.1) is 20.8 Å². The molecule has 0 atom stereocenters. The molecule has 0 unspecified atom stereocenters.